The highest BCUT2D eigenvalue weighted by molar-refractivity contribution is 5.69. The fourth-order valence-corrected chi connectivity index (χ4v) is 2.87. The minimum absolute atomic E-state index is 0.0517. The molecule has 0 radical (unpaired) electrons. The highest BCUT2D eigenvalue weighted by atomic mass is 16.5. The number of carbonyl (C=O) groups is 1. The van der Waals surface area contributed by atoms with Gasteiger partial charge in [-0.05, 0) is 36.8 Å². The topological polar surface area (TPSA) is 29.5 Å². The fraction of sp³-hybridized carbons (Fsp3) is 0.611. The fourth-order valence-electron chi connectivity index (χ4n) is 2.87. The third-order valence-corrected chi connectivity index (χ3v) is 3.98. The summed E-state index contributed by atoms with van der Waals surface area (Å²) in [5, 5.41) is 0. The lowest BCUT2D eigenvalue weighted by Crippen LogP contribution is -2.20. The summed E-state index contributed by atoms with van der Waals surface area (Å²) in [5.74, 6) is 0.995. The van der Waals surface area contributed by atoms with Gasteiger partial charge >= 0.3 is 5.97 Å². The standard InChI is InChI=1S/C18H27NO2/c1-15(2)12-18(20)21-11-9-17-8-10-19(14-17)13-16-6-4-3-5-7-16/h3-7,15,17H,8-14H2,1-2H3/t17-/m1/s1. The summed E-state index contributed by atoms with van der Waals surface area (Å²) < 4.78 is 5.31. The molecule has 0 aliphatic carbocycles. The van der Waals surface area contributed by atoms with E-state index in [0.29, 0.717) is 24.9 Å². The van der Waals surface area contributed by atoms with Crippen molar-refractivity contribution in [2.45, 2.75) is 39.7 Å². The van der Waals surface area contributed by atoms with Crippen LogP contribution in [0.5, 0.6) is 0 Å². The Hall–Kier alpha value is -1.35. The van der Waals surface area contributed by atoms with Gasteiger partial charge in [-0.3, -0.25) is 9.69 Å². The number of likely N-dealkylation sites (tertiary alicyclic amines) is 1. The van der Waals surface area contributed by atoms with Gasteiger partial charge in [0, 0.05) is 19.5 Å². The Balaban J connectivity index is 1.63. The van der Waals surface area contributed by atoms with Crippen molar-refractivity contribution in [3.05, 3.63) is 35.9 Å². The van der Waals surface area contributed by atoms with Gasteiger partial charge in [-0.2, -0.15) is 0 Å². The van der Waals surface area contributed by atoms with Gasteiger partial charge in [0.25, 0.3) is 0 Å². The summed E-state index contributed by atoms with van der Waals surface area (Å²) in [6.45, 7) is 7.97. The molecule has 3 heteroatoms. The molecule has 1 aliphatic heterocycles. The van der Waals surface area contributed by atoms with Gasteiger partial charge in [0.2, 0.25) is 0 Å². The molecular weight excluding hydrogens is 262 g/mol. The molecule has 1 fully saturated rings. The van der Waals surface area contributed by atoms with Crippen LogP contribution in [0.15, 0.2) is 30.3 Å². The Kier molecular flexibility index (Phi) is 6.24. The third kappa shape index (κ3) is 5.88. The molecular formula is C18H27NO2. The molecule has 1 aromatic carbocycles. The lowest BCUT2D eigenvalue weighted by Gasteiger charge is -2.16. The zero-order valence-corrected chi connectivity index (χ0v) is 13.3. The van der Waals surface area contributed by atoms with Gasteiger partial charge in [0.05, 0.1) is 6.61 Å². The summed E-state index contributed by atoms with van der Waals surface area (Å²) in [4.78, 5) is 14.0. The second-order valence-electron chi connectivity index (χ2n) is 6.48. The predicted molar refractivity (Wildman–Crippen MR) is 84.9 cm³/mol. The summed E-state index contributed by atoms with van der Waals surface area (Å²) in [7, 11) is 0. The molecule has 1 saturated heterocycles. The number of esters is 1. The van der Waals surface area contributed by atoms with Crippen molar-refractivity contribution in [1.82, 2.24) is 4.90 Å². The lowest BCUT2D eigenvalue weighted by molar-refractivity contribution is -0.144. The van der Waals surface area contributed by atoms with E-state index in [1.165, 1.54) is 12.0 Å². The van der Waals surface area contributed by atoms with E-state index in [9.17, 15) is 4.79 Å². The largest absolute Gasteiger partial charge is 0.466 e. The number of carbonyl (C=O) groups excluding carboxylic acids is 1. The maximum absolute atomic E-state index is 11.5. The van der Waals surface area contributed by atoms with Crippen LogP contribution in [0.25, 0.3) is 0 Å². The van der Waals surface area contributed by atoms with Crippen molar-refractivity contribution < 1.29 is 9.53 Å². The molecule has 1 heterocycles. The van der Waals surface area contributed by atoms with Crippen LogP contribution < -0.4 is 0 Å². The van der Waals surface area contributed by atoms with Crippen LogP contribution in [0, 0.1) is 11.8 Å². The summed E-state index contributed by atoms with van der Waals surface area (Å²) >= 11 is 0. The second kappa shape index (κ2) is 8.18. The summed E-state index contributed by atoms with van der Waals surface area (Å²) in [6.07, 6.45) is 2.74. The molecule has 0 N–H and O–H groups in total. The van der Waals surface area contributed by atoms with E-state index in [2.05, 4.69) is 35.2 Å². The van der Waals surface area contributed by atoms with Gasteiger partial charge in [0.1, 0.15) is 0 Å². The zero-order chi connectivity index (χ0) is 15.1. The highest BCUT2D eigenvalue weighted by Gasteiger charge is 2.22. The maximum Gasteiger partial charge on any atom is 0.306 e. The van der Waals surface area contributed by atoms with E-state index in [4.69, 9.17) is 4.74 Å². The van der Waals surface area contributed by atoms with Crippen LogP contribution >= 0.6 is 0 Å². The first-order valence-corrected chi connectivity index (χ1v) is 8.05. The molecule has 0 aromatic heterocycles. The highest BCUT2D eigenvalue weighted by Crippen LogP contribution is 2.21. The van der Waals surface area contributed by atoms with Gasteiger partial charge in [-0.25, -0.2) is 0 Å². The average molecular weight is 289 g/mol. The van der Waals surface area contributed by atoms with E-state index < -0.39 is 0 Å². The van der Waals surface area contributed by atoms with E-state index in [1.807, 2.05) is 13.8 Å². The molecule has 0 spiro atoms. The quantitative estimate of drug-likeness (QED) is 0.720. The summed E-state index contributed by atoms with van der Waals surface area (Å²) in [6, 6.07) is 10.6. The van der Waals surface area contributed by atoms with Crippen molar-refractivity contribution in [3.8, 4) is 0 Å². The van der Waals surface area contributed by atoms with Crippen molar-refractivity contribution in [1.29, 1.82) is 0 Å². The van der Waals surface area contributed by atoms with Gasteiger partial charge in [-0.15, -0.1) is 0 Å². The Morgan fingerprint density at radius 1 is 1.33 bits per heavy atom. The molecule has 0 saturated carbocycles. The van der Waals surface area contributed by atoms with Crippen LogP contribution in [0.2, 0.25) is 0 Å². The predicted octanol–water partition coefficient (Wildman–Crippen LogP) is 3.49. The number of nitrogens with zero attached hydrogens (tertiary/aromatic N) is 1. The van der Waals surface area contributed by atoms with Crippen LogP contribution in [-0.2, 0) is 16.1 Å². The lowest BCUT2D eigenvalue weighted by atomic mass is 10.1. The van der Waals surface area contributed by atoms with Crippen LogP contribution in [0.4, 0.5) is 0 Å². The van der Waals surface area contributed by atoms with Crippen LogP contribution in [0.3, 0.4) is 0 Å². The third-order valence-electron chi connectivity index (χ3n) is 3.98. The molecule has 0 amide bonds. The molecule has 0 bridgehead atoms. The molecule has 1 aliphatic rings. The summed E-state index contributed by atoms with van der Waals surface area (Å²) in [5.41, 5.74) is 1.38. The first-order chi connectivity index (χ1) is 10.1. The zero-order valence-electron chi connectivity index (χ0n) is 13.3. The first-order valence-electron chi connectivity index (χ1n) is 8.05. The van der Waals surface area contributed by atoms with Gasteiger partial charge in [-0.1, -0.05) is 44.2 Å². The van der Waals surface area contributed by atoms with E-state index in [1.54, 1.807) is 0 Å². The molecule has 1 atom stereocenters. The van der Waals surface area contributed by atoms with E-state index in [-0.39, 0.29) is 5.97 Å². The van der Waals surface area contributed by atoms with Gasteiger partial charge in [0.15, 0.2) is 0 Å². The van der Waals surface area contributed by atoms with Crippen molar-refractivity contribution in [2.75, 3.05) is 19.7 Å². The molecule has 21 heavy (non-hydrogen) atoms. The number of hydrogen-bond donors (Lipinski definition) is 0. The van der Waals surface area contributed by atoms with Crippen molar-refractivity contribution >= 4 is 5.97 Å². The van der Waals surface area contributed by atoms with Gasteiger partial charge < -0.3 is 4.74 Å². The van der Waals surface area contributed by atoms with Crippen molar-refractivity contribution in [3.63, 3.8) is 0 Å². The maximum atomic E-state index is 11.5. The molecule has 3 nitrogen and oxygen atoms in total. The van der Waals surface area contributed by atoms with Crippen LogP contribution in [-0.4, -0.2) is 30.6 Å². The van der Waals surface area contributed by atoms with Crippen molar-refractivity contribution in [2.24, 2.45) is 11.8 Å². The smallest absolute Gasteiger partial charge is 0.306 e. The minimum atomic E-state index is -0.0517. The molecule has 116 valence electrons. The molecule has 1 aromatic rings. The normalized spacial score (nSPS) is 19.1. The molecule has 0 unspecified atom stereocenters. The Morgan fingerprint density at radius 3 is 2.81 bits per heavy atom. The second-order valence-corrected chi connectivity index (χ2v) is 6.48. The number of benzene rings is 1. The molecule has 2 rings (SSSR count). The SMILES string of the molecule is CC(C)CC(=O)OCC[C@H]1CCN(Cc2ccccc2)C1. The number of hydrogen-bond acceptors (Lipinski definition) is 3. The number of rotatable bonds is 7. The average Bonchev–Trinajstić information content (AvgIpc) is 2.86. The first kappa shape index (κ1) is 16.0. The number of ether oxygens (including phenoxy) is 1. The van der Waals surface area contributed by atoms with E-state index >= 15 is 0 Å². The Labute approximate surface area is 128 Å². The van der Waals surface area contributed by atoms with Crippen LogP contribution in [0.1, 0.15) is 38.7 Å². The Morgan fingerprint density at radius 2 is 2.10 bits per heavy atom. The minimum Gasteiger partial charge on any atom is -0.466 e. The Bertz CT molecular complexity index is 430. The monoisotopic (exact) mass is 289 g/mol. The van der Waals surface area contributed by atoms with E-state index in [0.717, 1.165) is 26.1 Å².